The van der Waals surface area contributed by atoms with Crippen molar-refractivity contribution in [3.05, 3.63) is 35.9 Å². The number of unbranched alkanes of at least 4 members (excludes halogenated alkanes) is 2. The van der Waals surface area contributed by atoms with Crippen LogP contribution in [0.25, 0.3) is 0 Å². The Morgan fingerprint density at radius 3 is 2.38 bits per heavy atom. The lowest BCUT2D eigenvalue weighted by atomic mass is 9.89. The number of hydrogen-bond acceptors (Lipinski definition) is 2. The third-order valence-corrected chi connectivity index (χ3v) is 4.22. The Balaban J connectivity index is 0.00000220. The zero-order valence-electron chi connectivity index (χ0n) is 12.5. The standard InChI is InChI=1S/C17H25NO2.ClH/c19-17(20)9-5-2-6-12-18-13-10-16(11-14-18)15-7-3-1-4-8-15;/h1,3-4,7-8,16H,2,5-6,9-14H2,(H,19,20);1H. The zero-order chi connectivity index (χ0) is 14.2. The van der Waals surface area contributed by atoms with Crippen LogP contribution < -0.4 is 0 Å². The average Bonchev–Trinajstić information content (AvgIpc) is 2.48. The molecule has 0 spiro atoms. The molecule has 0 radical (unpaired) electrons. The van der Waals surface area contributed by atoms with Crippen molar-refractivity contribution in [2.75, 3.05) is 19.6 Å². The Hall–Kier alpha value is -1.06. The number of hydrogen-bond donors (Lipinski definition) is 1. The largest absolute Gasteiger partial charge is 0.481 e. The number of benzene rings is 1. The first-order valence-corrected chi connectivity index (χ1v) is 7.75. The average molecular weight is 312 g/mol. The number of nitrogens with zero attached hydrogens (tertiary/aromatic N) is 1. The van der Waals surface area contributed by atoms with Crippen LogP contribution in [-0.4, -0.2) is 35.6 Å². The van der Waals surface area contributed by atoms with E-state index in [1.165, 1.54) is 31.5 Å². The predicted octanol–water partition coefficient (Wildman–Crippen LogP) is 3.93. The normalized spacial score (nSPS) is 16.4. The lowest BCUT2D eigenvalue weighted by Gasteiger charge is -2.32. The summed E-state index contributed by atoms with van der Waals surface area (Å²) in [5.41, 5.74) is 1.48. The molecule has 0 aromatic heterocycles. The van der Waals surface area contributed by atoms with E-state index in [1.54, 1.807) is 0 Å². The van der Waals surface area contributed by atoms with E-state index in [0.717, 1.165) is 31.7 Å². The number of carbonyl (C=O) groups is 1. The Bertz CT molecular complexity index is 403. The van der Waals surface area contributed by atoms with Crippen LogP contribution in [0.2, 0.25) is 0 Å². The van der Waals surface area contributed by atoms with Crippen molar-refractivity contribution in [2.45, 2.75) is 44.4 Å². The van der Waals surface area contributed by atoms with E-state index in [2.05, 4.69) is 35.2 Å². The molecule has 1 saturated heterocycles. The van der Waals surface area contributed by atoms with E-state index in [-0.39, 0.29) is 12.4 Å². The highest BCUT2D eigenvalue weighted by atomic mass is 35.5. The molecule has 4 heteroatoms. The highest BCUT2D eigenvalue weighted by Gasteiger charge is 2.19. The Morgan fingerprint density at radius 2 is 1.76 bits per heavy atom. The van der Waals surface area contributed by atoms with E-state index in [9.17, 15) is 4.79 Å². The van der Waals surface area contributed by atoms with Gasteiger partial charge in [0.25, 0.3) is 0 Å². The summed E-state index contributed by atoms with van der Waals surface area (Å²) in [6.07, 6.45) is 5.79. The lowest BCUT2D eigenvalue weighted by molar-refractivity contribution is -0.137. The Morgan fingerprint density at radius 1 is 1.10 bits per heavy atom. The number of rotatable bonds is 7. The van der Waals surface area contributed by atoms with Gasteiger partial charge in [0.15, 0.2) is 0 Å². The fourth-order valence-electron chi connectivity index (χ4n) is 3.00. The number of carboxylic acid groups (broad SMARTS) is 1. The third-order valence-electron chi connectivity index (χ3n) is 4.22. The summed E-state index contributed by atoms with van der Waals surface area (Å²) < 4.78 is 0. The van der Waals surface area contributed by atoms with E-state index in [4.69, 9.17) is 5.11 Å². The summed E-state index contributed by atoms with van der Waals surface area (Å²) in [5.74, 6) is 0.0492. The van der Waals surface area contributed by atoms with Crippen molar-refractivity contribution in [2.24, 2.45) is 0 Å². The first-order chi connectivity index (χ1) is 9.75. The summed E-state index contributed by atoms with van der Waals surface area (Å²) in [5, 5.41) is 8.59. The molecule has 118 valence electrons. The molecule has 1 aliphatic heterocycles. The van der Waals surface area contributed by atoms with Crippen LogP contribution in [-0.2, 0) is 4.79 Å². The summed E-state index contributed by atoms with van der Waals surface area (Å²) in [6.45, 7) is 3.48. The van der Waals surface area contributed by atoms with Crippen molar-refractivity contribution in [3.63, 3.8) is 0 Å². The molecule has 0 aliphatic carbocycles. The summed E-state index contributed by atoms with van der Waals surface area (Å²) in [6, 6.07) is 10.8. The van der Waals surface area contributed by atoms with Gasteiger partial charge in [-0.3, -0.25) is 4.79 Å². The van der Waals surface area contributed by atoms with Gasteiger partial charge >= 0.3 is 5.97 Å². The third kappa shape index (κ3) is 6.49. The van der Waals surface area contributed by atoms with Gasteiger partial charge in [0.1, 0.15) is 0 Å². The monoisotopic (exact) mass is 311 g/mol. The molecule has 1 aliphatic rings. The van der Waals surface area contributed by atoms with Crippen LogP contribution in [0.5, 0.6) is 0 Å². The van der Waals surface area contributed by atoms with E-state index in [0.29, 0.717) is 6.42 Å². The van der Waals surface area contributed by atoms with Gasteiger partial charge in [-0.2, -0.15) is 0 Å². The van der Waals surface area contributed by atoms with Gasteiger partial charge in [0.05, 0.1) is 0 Å². The zero-order valence-corrected chi connectivity index (χ0v) is 13.4. The van der Waals surface area contributed by atoms with Gasteiger partial charge in [0.2, 0.25) is 0 Å². The van der Waals surface area contributed by atoms with Gasteiger partial charge in [-0.05, 0) is 56.8 Å². The van der Waals surface area contributed by atoms with Gasteiger partial charge in [0, 0.05) is 6.42 Å². The molecule has 3 nitrogen and oxygen atoms in total. The van der Waals surface area contributed by atoms with Crippen LogP contribution in [0.1, 0.15) is 50.0 Å². The maximum absolute atomic E-state index is 10.4. The van der Waals surface area contributed by atoms with Crippen LogP contribution in [0.4, 0.5) is 0 Å². The highest BCUT2D eigenvalue weighted by molar-refractivity contribution is 5.85. The quantitative estimate of drug-likeness (QED) is 0.776. The minimum atomic E-state index is -0.673. The van der Waals surface area contributed by atoms with E-state index in [1.807, 2.05) is 0 Å². The highest BCUT2D eigenvalue weighted by Crippen LogP contribution is 2.27. The number of piperidine rings is 1. The predicted molar refractivity (Wildman–Crippen MR) is 88.2 cm³/mol. The van der Waals surface area contributed by atoms with Crippen LogP contribution in [0, 0.1) is 0 Å². The van der Waals surface area contributed by atoms with Crippen LogP contribution in [0.3, 0.4) is 0 Å². The molecule has 2 rings (SSSR count). The molecule has 1 heterocycles. The fourth-order valence-corrected chi connectivity index (χ4v) is 3.00. The molecule has 1 aromatic rings. The van der Waals surface area contributed by atoms with Crippen molar-refractivity contribution in [3.8, 4) is 0 Å². The molecule has 0 atom stereocenters. The van der Waals surface area contributed by atoms with Crippen molar-refractivity contribution in [1.82, 2.24) is 4.90 Å². The molecule has 1 aromatic carbocycles. The molecular formula is C17H26ClNO2. The first-order valence-electron chi connectivity index (χ1n) is 7.75. The van der Waals surface area contributed by atoms with Crippen molar-refractivity contribution in [1.29, 1.82) is 0 Å². The molecule has 0 unspecified atom stereocenters. The summed E-state index contributed by atoms with van der Waals surface area (Å²) in [4.78, 5) is 13.0. The second-order valence-corrected chi connectivity index (χ2v) is 5.73. The Labute approximate surface area is 133 Å². The number of aliphatic carboxylic acids is 1. The van der Waals surface area contributed by atoms with Crippen LogP contribution >= 0.6 is 12.4 Å². The van der Waals surface area contributed by atoms with Crippen molar-refractivity contribution < 1.29 is 9.90 Å². The van der Waals surface area contributed by atoms with Gasteiger partial charge < -0.3 is 10.0 Å². The second-order valence-electron chi connectivity index (χ2n) is 5.73. The molecule has 0 bridgehead atoms. The topological polar surface area (TPSA) is 40.5 Å². The van der Waals surface area contributed by atoms with Crippen LogP contribution in [0.15, 0.2) is 30.3 Å². The second kappa shape index (κ2) is 9.80. The SMILES string of the molecule is Cl.O=C(O)CCCCCN1CCC(c2ccccc2)CC1. The molecule has 0 amide bonds. The van der Waals surface area contributed by atoms with E-state index < -0.39 is 5.97 Å². The maximum atomic E-state index is 10.4. The number of likely N-dealkylation sites (tertiary alicyclic amines) is 1. The minimum absolute atomic E-state index is 0. The minimum Gasteiger partial charge on any atom is -0.481 e. The smallest absolute Gasteiger partial charge is 0.303 e. The van der Waals surface area contributed by atoms with Gasteiger partial charge in [-0.15, -0.1) is 12.4 Å². The Kier molecular flexibility index (Phi) is 8.40. The maximum Gasteiger partial charge on any atom is 0.303 e. The summed E-state index contributed by atoms with van der Waals surface area (Å²) in [7, 11) is 0. The molecule has 21 heavy (non-hydrogen) atoms. The van der Waals surface area contributed by atoms with Gasteiger partial charge in [-0.1, -0.05) is 36.8 Å². The fraction of sp³-hybridized carbons (Fsp3) is 0.588. The molecular weight excluding hydrogens is 286 g/mol. The van der Waals surface area contributed by atoms with E-state index >= 15 is 0 Å². The first kappa shape index (κ1) is 18.0. The molecule has 0 saturated carbocycles. The number of halogens is 1. The molecule has 1 fully saturated rings. The number of carboxylic acids is 1. The molecule has 1 N–H and O–H groups in total. The van der Waals surface area contributed by atoms with Crippen molar-refractivity contribution >= 4 is 18.4 Å². The summed E-state index contributed by atoms with van der Waals surface area (Å²) >= 11 is 0. The van der Waals surface area contributed by atoms with Gasteiger partial charge in [-0.25, -0.2) is 0 Å². The lowest BCUT2D eigenvalue weighted by Crippen LogP contribution is -2.33.